The van der Waals surface area contributed by atoms with Gasteiger partial charge in [0.05, 0.1) is 5.52 Å². The Bertz CT molecular complexity index is 519. The molecule has 0 radical (unpaired) electrons. The van der Waals surface area contributed by atoms with Crippen LogP contribution < -0.4 is 5.32 Å². The third-order valence-corrected chi connectivity index (χ3v) is 3.30. The maximum atomic E-state index is 4.61. The van der Waals surface area contributed by atoms with Crippen molar-refractivity contribution in [1.82, 2.24) is 10.3 Å². The van der Waals surface area contributed by atoms with Crippen LogP contribution in [0.15, 0.2) is 30.3 Å². The van der Waals surface area contributed by atoms with E-state index in [2.05, 4.69) is 61.4 Å². The summed E-state index contributed by atoms with van der Waals surface area (Å²) in [6, 6.07) is 11.1. The Morgan fingerprint density at radius 1 is 1.22 bits per heavy atom. The quantitative estimate of drug-likeness (QED) is 0.857. The van der Waals surface area contributed by atoms with E-state index in [1.165, 1.54) is 17.4 Å². The Morgan fingerprint density at radius 2 is 2.00 bits per heavy atom. The summed E-state index contributed by atoms with van der Waals surface area (Å²) >= 11 is 0. The van der Waals surface area contributed by atoms with Gasteiger partial charge in [-0.25, -0.2) is 0 Å². The van der Waals surface area contributed by atoms with Gasteiger partial charge in [0, 0.05) is 17.1 Å². The molecule has 18 heavy (non-hydrogen) atoms. The van der Waals surface area contributed by atoms with E-state index in [9.17, 15) is 0 Å². The zero-order chi connectivity index (χ0) is 13.0. The average Bonchev–Trinajstić information content (AvgIpc) is 2.39. The van der Waals surface area contributed by atoms with E-state index in [1.807, 2.05) is 0 Å². The molecule has 2 nitrogen and oxygen atoms in total. The second-order valence-corrected chi connectivity index (χ2v) is 4.78. The molecule has 1 unspecified atom stereocenters. The van der Waals surface area contributed by atoms with E-state index in [4.69, 9.17) is 0 Å². The highest BCUT2D eigenvalue weighted by molar-refractivity contribution is 5.82. The maximum Gasteiger partial charge on any atom is 0.0708 e. The number of pyridine rings is 1. The Kier molecular flexibility index (Phi) is 4.32. The second kappa shape index (κ2) is 5.96. The van der Waals surface area contributed by atoms with E-state index >= 15 is 0 Å². The van der Waals surface area contributed by atoms with E-state index < -0.39 is 0 Å². The Labute approximate surface area is 109 Å². The van der Waals surface area contributed by atoms with Crippen molar-refractivity contribution in [3.05, 3.63) is 41.6 Å². The van der Waals surface area contributed by atoms with Crippen LogP contribution in [0.2, 0.25) is 0 Å². The fraction of sp³-hybridized carbons (Fsp3) is 0.438. The van der Waals surface area contributed by atoms with Gasteiger partial charge in [-0.1, -0.05) is 32.0 Å². The number of nitrogens with zero attached hydrogens (tertiary/aromatic N) is 1. The first-order chi connectivity index (χ1) is 8.76. The third kappa shape index (κ3) is 2.70. The molecule has 2 aromatic rings. The summed E-state index contributed by atoms with van der Waals surface area (Å²) in [5.74, 6) is 0. The Balaban J connectivity index is 2.47. The molecule has 0 spiro atoms. The van der Waals surface area contributed by atoms with Gasteiger partial charge in [0.15, 0.2) is 0 Å². The molecule has 1 aromatic heterocycles. The zero-order valence-corrected chi connectivity index (χ0v) is 11.5. The summed E-state index contributed by atoms with van der Waals surface area (Å²) in [4.78, 5) is 4.61. The number of benzene rings is 1. The molecule has 1 heterocycles. The van der Waals surface area contributed by atoms with Crippen LogP contribution in [0.5, 0.6) is 0 Å². The molecule has 96 valence electrons. The first-order valence-electron chi connectivity index (χ1n) is 6.86. The van der Waals surface area contributed by atoms with E-state index in [0.717, 1.165) is 24.2 Å². The van der Waals surface area contributed by atoms with Gasteiger partial charge in [-0.05, 0) is 44.0 Å². The average molecular weight is 242 g/mol. The molecule has 0 aliphatic heterocycles. The summed E-state index contributed by atoms with van der Waals surface area (Å²) in [6.07, 6.45) is 2.27. The monoisotopic (exact) mass is 242 g/mol. The van der Waals surface area contributed by atoms with E-state index in [-0.39, 0.29) is 0 Å². The number of rotatable bonds is 5. The molecule has 0 bridgehead atoms. The van der Waals surface area contributed by atoms with Crippen molar-refractivity contribution in [1.29, 1.82) is 0 Å². The second-order valence-electron chi connectivity index (χ2n) is 4.78. The summed E-state index contributed by atoms with van der Waals surface area (Å²) in [7, 11) is 0. The summed E-state index contributed by atoms with van der Waals surface area (Å²) < 4.78 is 0. The standard InChI is InChI=1S/C16H22N2/c1-4-10-17-15(5-2)14-11-12(3)18-16-9-7-6-8-13(14)16/h6-9,11,15,17H,4-5,10H2,1-3H3. The number of hydrogen-bond donors (Lipinski definition) is 1. The van der Waals surface area contributed by atoms with Gasteiger partial charge < -0.3 is 5.32 Å². The number of para-hydroxylation sites is 1. The van der Waals surface area contributed by atoms with Gasteiger partial charge in [-0.15, -0.1) is 0 Å². The van der Waals surface area contributed by atoms with Crippen molar-refractivity contribution in [2.75, 3.05) is 6.54 Å². The predicted molar refractivity (Wildman–Crippen MR) is 77.8 cm³/mol. The Hall–Kier alpha value is -1.41. The molecule has 1 atom stereocenters. The smallest absolute Gasteiger partial charge is 0.0708 e. The van der Waals surface area contributed by atoms with Crippen LogP contribution in [0.4, 0.5) is 0 Å². The van der Waals surface area contributed by atoms with Crippen LogP contribution in [-0.2, 0) is 0 Å². The van der Waals surface area contributed by atoms with Crippen molar-refractivity contribution in [3.8, 4) is 0 Å². The van der Waals surface area contributed by atoms with Crippen molar-refractivity contribution in [3.63, 3.8) is 0 Å². The molecule has 1 aromatic carbocycles. The highest BCUT2D eigenvalue weighted by Crippen LogP contribution is 2.26. The zero-order valence-electron chi connectivity index (χ0n) is 11.5. The van der Waals surface area contributed by atoms with Crippen molar-refractivity contribution in [2.45, 2.75) is 39.7 Å². The lowest BCUT2D eigenvalue weighted by Gasteiger charge is -2.19. The molecule has 0 fully saturated rings. The maximum absolute atomic E-state index is 4.61. The van der Waals surface area contributed by atoms with E-state index in [1.54, 1.807) is 0 Å². The lowest BCUT2D eigenvalue weighted by molar-refractivity contribution is 0.521. The lowest BCUT2D eigenvalue weighted by atomic mass is 9.99. The summed E-state index contributed by atoms with van der Waals surface area (Å²) in [6.45, 7) is 7.57. The van der Waals surface area contributed by atoms with E-state index in [0.29, 0.717) is 6.04 Å². The van der Waals surface area contributed by atoms with Gasteiger partial charge in [-0.3, -0.25) is 4.98 Å². The normalized spacial score (nSPS) is 12.8. The number of aryl methyl sites for hydroxylation is 1. The van der Waals surface area contributed by atoms with Gasteiger partial charge in [-0.2, -0.15) is 0 Å². The van der Waals surface area contributed by atoms with Crippen LogP contribution in [0, 0.1) is 6.92 Å². The summed E-state index contributed by atoms with van der Waals surface area (Å²) in [5.41, 5.74) is 3.58. The van der Waals surface area contributed by atoms with Gasteiger partial charge in [0.2, 0.25) is 0 Å². The summed E-state index contributed by atoms with van der Waals surface area (Å²) in [5, 5.41) is 4.90. The van der Waals surface area contributed by atoms with Crippen LogP contribution in [0.1, 0.15) is 44.0 Å². The highest BCUT2D eigenvalue weighted by atomic mass is 14.9. The predicted octanol–water partition coefficient (Wildman–Crippen LogP) is 3.99. The van der Waals surface area contributed by atoms with Crippen LogP contribution in [0.25, 0.3) is 10.9 Å². The van der Waals surface area contributed by atoms with Gasteiger partial charge >= 0.3 is 0 Å². The third-order valence-electron chi connectivity index (χ3n) is 3.30. The molecule has 0 amide bonds. The largest absolute Gasteiger partial charge is 0.310 e. The molecule has 0 aliphatic rings. The topological polar surface area (TPSA) is 24.9 Å². The number of aromatic nitrogens is 1. The van der Waals surface area contributed by atoms with Crippen molar-refractivity contribution < 1.29 is 0 Å². The fourth-order valence-electron chi connectivity index (χ4n) is 2.42. The molecule has 0 saturated carbocycles. The first kappa shape index (κ1) is 13.0. The number of fused-ring (bicyclic) bond motifs is 1. The van der Waals surface area contributed by atoms with Crippen LogP contribution in [-0.4, -0.2) is 11.5 Å². The SMILES string of the molecule is CCCNC(CC)c1cc(C)nc2ccccc12. The fourth-order valence-corrected chi connectivity index (χ4v) is 2.42. The number of nitrogens with one attached hydrogen (secondary N) is 1. The molecule has 0 saturated heterocycles. The number of hydrogen-bond acceptors (Lipinski definition) is 2. The van der Waals surface area contributed by atoms with Crippen LogP contribution >= 0.6 is 0 Å². The minimum Gasteiger partial charge on any atom is -0.310 e. The van der Waals surface area contributed by atoms with Gasteiger partial charge in [0.25, 0.3) is 0 Å². The highest BCUT2D eigenvalue weighted by Gasteiger charge is 2.12. The minimum absolute atomic E-state index is 0.427. The first-order valence-corrected chi connectivity index (χ1v) is 6.86. The van der Waals surface area contributed by atoms with Crippen LogP contribution in [0.3, 0.4) is 0 Å². The molecular formula is C16H22N2. The minimum atomic E-state index is 0.427. The Morgan fingerprint density at radius 3 is 2.72 bits per heavy atom. The molecule has 2 rings (SSSR count). The van der Waals surface area contributed by atoms with Crippen molar-refractivity contribution >= 4 is 10.9 Å². The van der Waals surface area contributed by atoms with Gasteiger partial charge in [0.1, 0.15) is 0 Å². The molecule has 0 aliphatic carbocycles. The molecular weight excluding hydrogens is 220 g/mol. The lowest BCUT2D eigenvalue weighted by Crippen LogP contribution is -2.21. The molecule has 2 heteroatoms. The molecule has 1 N–H and O–H groups in total. The van der Waals surface area contributed by atoms with Crippen molar-refractivity contribution in [2.24, 2.45) is 0 Å².